The fraction of sp³-hybridized carbons (Fsp3) is 0.721. The summed E-state index contributed by atoms with van der Waals surface area (Å²) in [6, 6.07) is 10.4. The number of rotatable bonds is 7. The molecule has 1 aromatic heterocycles. The number of para-hydroxylation sites is 1. The Balaban J connectivity index is 0.000000165. The average Bonchev–Trinajstić information content (AvgIpc) is 3.49. The van der Waals surface area contributed by atoms with Crippen LogP contribution in [0, 0.1) is 58.2 Å². The first-order valence-electron chi connectivity index (χ1n) is 20.1. The predicted octanol–water partition coefficient (Wildman–Crippen LogP) is 3.86. The molecule has 51 heavy (non-hydrogen) atoms. The van der Waals surface area contributed by atoms with E-state index in [-0.39, 0.29) is 53.1 Å². The second kappa shape index (κ2) is 14.5. The number of nitrogens with one attached hydrogen (secondary N) is 1. The van der Waals surface area contributed by atoms with Crippen molar-refractivity contribution in [2.24, 2.45) is 58.2 Å². The van der Waals surface area contributed by atoms with Gasteiger partial charge in [0.2, 0.25) is 0 Å². The first-order chi connectivity index (χ1) is 24.4. The zero-order chi connectivity index (χ0) is 36.2. The molecule has 7 fully saturated rings. The smallest absolute Gasteiger partial charge is 0.131 e. The molecule has 4 aliphatic carbocycles. The Labute approximate surface area is 304 Å². The van der Waals surface area contributed by atoms with Crippen LogP contribution in [0.2, 0.25) is 0 Å². The van der Waals surface area contributed by atoms with Crippen LogP contribution >= 0.6 is 0 Å². The number of aromatic nitrogens is 1. The molecule has 4 saturated carbocycles. The molecule has 3 saturated heterocycles. The molecular formula is C43H62N2O6. The van der Waals surface area contributed by atoms with Crippen molar-refractivity contribution >= 4 is 16.9 Å². The van der Waals surface area contributed by atoms with Crippen molar-refractivity contribution in [3.8, 4) is 0 Å². The molecule has 0 spiro atoms. The summed E-state index contributed by atoms with van der Waals surface area (Å²) in [4.78, 5) is 16.9. The van der Waals surface area contributed by atoms with Crippen LogP contribution < -0.4 is 10.0 Å². The molecule has 280 valence electrons. The Morgan fingerprint density at radius 3 is 2.57 bits per heavy atom. The van der Waals surface area contributed by atoms with E-state index in [1.54, 1.807) is 4.90 Å². The van der Waals surface area contributed by atoms with E-state index in [4.69, 9.17) is 0 Å². The molecule has 0 radical (unpaired) electrons. The second-order valence-corrected chi connectivity index (χ2v) is 18.2. The number of carbonyl (C=O) groups is 1. The van der Waals surface area contributed by atoms with Gasteiger partial charge in [-0.15, -0.1) is 6.58 Å². The fourth-order valence-electron chi connectivity index (χ4n) is 13.2. The summed E-state index contributed by atoms with van der Waals surface area (Å²) >= 11 is 0. The van der Waals surface area contributed by atoms with E-state index in [0.717, 1.165) is 74.4 Å². The van der Waals surface area contributed by atoms with Crippen molar-refractivity contribution in [2.45, 2.75) is 122 Å². The predicted molar refractivity (Wildman–Crippen MR) is 195 cm³/mol. The van der Waals surface area contributed by atoms with E-state index in [1.807, 2.05) is 30.5 Å². The summed E-state index contributed by atoms with van der Waals surface area (Å²) in [5, 5.41) is 56.0. The average molecular weight is 703 g/mol. The number of hydrogen-bond acceptors (Lipinski definition) is 7. The number of aliphatic hydroxyl groups is 4. The van der Waals surface area contributed by atoms with Crippen molar-refractivity contribution < 1.29 is 35.2 Å². The summed E-state index contributed by atoms with van der Waals surface area (Å²) in [7, 11) is 0. The van der Waals surface area contributed by atoms with Gasteiger partial charge in [0.15, 0.2) is 0 Å². The molecule has 5 N–H and O–H groups in total. The topological polar surface area (TPSA) is 138 Å². The van der Waals surface area contributed by atoms with Gasteiger partial charge in [-0.1, -0.05) is 45.0 Å². The van der Waals surface area contributed by atoms with Crippen molar-refractivity contribution in [2.75, 3.05) is 13.1 Å². The monoisotopic (exact) mass is 702 g/mol. The fourth-order valence-corrected chi connectivity index (χ4v) is 13.2. The van der Waals surface area contributed by atoms with Crippen LogP contribution in [0.5, 0.6) is 0 Å². The highest BCUT2D eigenvalue weighted by atomic mass is 16.4. The highest BCUT2D eigenvalue weighted by molar-refractivity contribution is 5.82. The number of pyridine rings is 1. The Morgan fingerprint density at radius 1 is 1.06 bits per heavy atom. The van der Waals surface area contributed by atoms with Gasteiger partial charge in [0.05, 0.1) is 36.9 Å². The Bertz CT molecular complexity index is 1560. The van der Waals surface area contributed by atoms with E-state index in [2.05, 4.69) is 44.5 Å². The van der Waals surface area contributed by atoms with E-state index in [9.17, 15) is 30.3 Å². The van der Waals surface area contributed by atoms with Gasteiger partial charge in [-0.2, -0.15) is 0 Å². The van der Waals surface area contributed by atoms with Gasteiger partial charge >= 0.3 is 0 Å². The van der Waals surface area contributed by atoms with Crippen molar-refractivity contribution in [1.29, 1.82) is 0 Å². The summed E-state index contributed by atoms with van der Waals surface area (Å²) in [6.07, 6.45) is 11.6. The molecular weight excluding hydrogens is 640 g/mol. The Morgan fingerprint density at radius 2 is 1.84 bits per heavy atom. The lowest BCUT2D eigenvalue weighted by Gasteiger charge is -2.63. The van der Waals surface area contributed by atoms with Gasteiger partial charge in [-0.25, -0.2) is 0 Å². The highest BCUT2D eigenvalue weighted by Crippen LogP contribution is 2.68. The SMILES string of the molecule is C=C[C@H]1C[NH+]2CC[C@H]1C[C@@H]2[C@@H](O)c1ccnc2ccccc12.C[C@H](CCC(=O)[O-])[C@H]1CC[C@H]2[C@@H]3[C@H](O)C[C@@H]4C[C@H](O)CC[C@]4(C)[C@H]3C[C@H](O)[C@]12C. The number of carboxylic acids is 1. The molecule has 8 nitrogen and oxygen atoms in total. The zero-order valence-corrected chi connectivity index (χ0v) is 31.0. The Kier molecular flexibility index (Phi) is 10.5. The lowest BCUT2D eigenvalue weighted by Crippen LogP contribution is -3.20. The second-order valence-electron chi connectivity index (χ2n) is 18.2. The number of carboxylic acid groups (broad SMARTS) is 1. The summed E-state index contributed by atoms with van der Waals surface area (Å²) in [5.41, 5.74) is 1.83. The van der Waals surface area contributed by atoms with Crippen LogP contribution in [-0.4, -0.2) is 68.8 Å². The number of aliphatic hydroxyl groups excluding tert-OH is 4. The van der Waals surface area contributed by atoms with Crippen LogP contribution in [0.3, 0.4) is 0 Å². The standard InChI is InChI=1S/C24H40O5.C19H22N2O/c1-13(4-7-21(28)29)16-5-6-17-22-18(12-20(27)24(16,17)3)23(2)9-8-15(25)10-14(23)11-19(22)26;1-2-13-12-21-10-8-14(13)11-18(21)19(22)16-7-9-20-17-6-4-3-5-15(16)17/h13-20,22,25-27H,4-12H2,1-3H3,(H,28,29);2-7,9,13-14,18-19,22H,1,8,10-12H2/t13-,14+,15-,16-,17+,18+,19-,20+,22+,23+,24-;13-,14-,18+,19-/m10/s1. The normalized spacial score (nSPS) is 43.9. The molecule has 7 aliphatic rings. The van der Waals surface area contributed by atoms with Gasteiger partial charge in [-0.05, 0) is 128 Å². The minimum atomic E-state index is -0.998. The number of fused-ring (bicyclic) bond motifs is 9. The van der Waals surface area contributed by atoms with Crippen LogP contribution in [0.4, 0.5) is 0 Å². The molecule has 9 rings (SSSR count). The molecule has 1 unspecified atom stereocenters. The number of carbonyl (C=O) groups excluding carboxylic acids is 1. The maximum Gasteiger partial charge on any atom is 0.131 e. The molecule has 16 atom stereocenters. The first kappa shape index (κ1) is 37.0. The van der Waals surface area contributed by atoms with Crippen LogP contribution in [0.15, 0.2) is 49.2 Å². The quantitative estimate of drug-likeness (QED) is 0.277. The third-order valence-corrected chi connectivity index (χ3v) is 16.0. The van der Waals surface area contributed by atoms with Gasteiger partial charge in [-0.3, -0.25) is 4.98 Å². The maximum absolute atomic E-state index is 11.5. The minimum Gasteiger partial charge on any atom is -0.550 e. The number of nitrogens with zero attached hydrogens (tertiary/aromatic N) is 1. The molecule has 3 aliphatic heterocycles. The summed E-state index contributed by atoms with van der Waals surface area (Å²) < 4.78 is 0. The van der Waals surface area contributed by atoms with Gasteiger partial charge in [0.1, 0.15) is 12.1 Å². The number of piperidine rings is 3. The minimum absolute atomic E-state index is 0.0747. The number of hydrogen-bond donors (Lipinski definition) is 5. The van der Waals surface area contributed by atoms with Crippen LogP contribution in [0.1, 0.15) is 103 Å². The first-order valence-corrected chi connectivity index (χ1v) is 20.1. The molecule has 4 heterocycles. The van der Waals surface area contributed by atoms with Gasteiger partial charge in [0.25, 0.3) is 0 Å². The lowest BCUT2D eigenvalue weighted by molar-refractivity contribution is -0.949. The van der Waals surface area contributed by atoms with Gasteiger partial charge < -0.3 is 35.2 Å². The van der Waals surface area contributed by atoms with Gasteiger partial charge in [0, 0.05) is 36.3 Å². The molecule has 2 bridgehead atoms. The lowest BCUT2D eigenvalue weighted by atomic mass is 9.43. The van der Waals surface area contributed by atoms with E-state index in [1.165, 1.54) is 13.0 Å². The van der Waals surface area contributed by atoms with E-state index in [0.29, 0.717) is 36.1 Å². The molecule has 1 aromatic carbocycles. The van der Waals surface area contributed by atoms with Crippen molar-refractivity contribution in [1.82, 2.24) is 4.98 Å². The Hall–Kier alpha value is -2.36. The molecule has 8 heteroatoms. The summed E-state index contributed by atoms with van der Waals surface area (Å²) in [6.45, 7) is 13.0. The van der Waals surface area contributed by atoms with E-state index < -0.39 is 18.2 Å². The molecule has 2 aromatic rings. The van der Waals surface area contributed by atoms with Crippen LogP contribution in [-0.2, 0) is 4.79 Å². The summed E-state index contributed by atoms with van der Waals surface area (Å²) in [5.74, 6) is 1.96. The maximum atomic E-state index is 11.5. The van der Waals surface area contributed by atoms with E-state index >= 15 is 0 Å². The highest BCUT2D eigenvalue weighted by Gasteiger charge is 2.65. The van der Waals surface area contributed by atoms with Crippen molar-refractivity contribution in [3.63, 3.8) is 0 Å². The molecule has 0 amide bonds. The number of quaternary nitrogens is 1. The number of benzene rings is 1. The third kappa shape index (κ3) is 6.49. The number of aliphatic carboxylic acids is 1. The zero-order valence-electron chi connectivity index (χ0n) is 31.0. The largest absolute Gasteiger partial charge is 0.550 e. The van der Waals surface area contributed by atoms with Crippen LogP contribution in [0.25, 0.3) is 10.9 Å². The van der Waals surface area contributed by atoms with Crippen molar-refractivity contribution in [3.05, 3.63) is 54.7 Å². The third-order valence-electron chi connectivity index (χ3n) is 16.0.